The molecular weight excluding hydrogens is 230 g/mol. The van der Waals surface area contributed by atoms with E-state index in [1.165, 1.54) is 0 Å². The lowest BCUT2D eigenvalue weighted by atomic mass is 10.1. The highest BCUT2D eigenvalue weighted by Crippen LogP contribution is 2.13. The molecule has 0 bridgehead atoms. The van der Waals surface area contributed by atoms with Crippen molar-refractivity contribution in [1.29, 1.82) is 0 Å². The van der Waals surface area contributed by atoms with Gasteiger partial charge in [0.1, 0.15) is 6.04 Å². The number of hydrogen-bond donors (Lipinski definition) is 2. The Morgan fingerprint density at radius 2 is 1.94 bits per heavy atom. The second-order valence-corrected chi connectivity index (χ2v) is 5.36. The van der Waals surface area contributed by atoms with Crippen LogP contribution in [0.1, 0.15) is 27.2 Å². The molecule has 0 spiro atoms. The van der Waals surface area contributed by atoms with E-state index in [-0.39, 0.29) is 0 Å². The van der Waals surface area contributed by atoms with E-state index in [0.717, 1.165) is 19.6 Å². The molecule has 1 fully saturated rings. The molecule has 106 valence electrons. The number of carbonyl (C=O) groups is 1. The van der Waals surface area contributed by atoms with Crippen molar-refractivity contribution in [3.63, 3.8) is 0 Å². The lowest BCUT2D eigenvalue weighted by Gasteiger charge is -2.42. The summed E-state index contributed by atoms with van der Waals surface area (Å²) in [4.78, 5) is 15.8. The predicted molar refractivity (Wildman–Crippen MR) is 72.8 cm³/mol. The lowest BCUT2D eigenvalue weighted by molar-refractivity contribution is -0.139. The van der Waals surface area contributed by atoms with Gasteiger partial charge in [-0.05, 0) is 33.9 Å². The average Bonchev–Trinajstić information content (AvgIpc) is 2.30. The molecule has 0 aromatic heterocycles. The van der Waals surface area contributed by atoms with Crippen LogP contribution in [0.3, 0.4) is 0 Å². The molecule has 3 unspecified atom stereocenters. The first-order valence-corrected chi connectivity index (χ1v) is 6.86. The van der Waals surface area contributed by atoms with Crippen molar-refractivity contribution in [3.05, 3.63) is 0 Å². The van der Waals surface area contributed by atoms with Crippen LogP contribution in [0.2, 0.25) is 0 Å². The number of nitrogens with one attached hydrogen (secondary N) is 1. The Morgan fingerprint density at radius 3 is 2.39 bits per heavy atom. The number of aliphatic carboxylic acids is 1. The Kier molecular flexibility index (Phi) is 6.05. The van der Waals surface area contributed by atoms with E-state index < -0.39 is 12.0 Å². The highest BCUT2D eigenvalue weighted by molar-refractivity contribution is 5.73. The van der Waals surface area contributed by atoms with Gasteiger partial charge >= 0.3 is 5.97 Å². The summed E-state index contributed by atoms with van der Waals surface area (Å²) in [5.41, 5.74) is 0. The fourth-order valence-corrected chi connectivity index (χ4v) is 2.57. The summed E-state index contributed by atoms with van der Waals surface area (Å²) < 4.78 is 0. The number of nitrogens with zero attached hydrogens (tertiary/aromatic N) is 2. The molecule has 0 radical (unpaired) electrons. The SMILES string of the molecule is CCNC(CCN1CC(C)N(C)C(C)C1)C(=O)O. The molecule has 1 rings (SSSR count). The van der Waals surface area contributed by atoms with E-state index in [4.69, 9.17) is 5.11 Å². The molecule has 5 nitrogen and oxygen atoms in total. The summed E-state index contributed by atoms with van der Waals surface area (Å²) in [5.74, 6) is -0.743. The molecular formula is C13H27N3O2. The zero-order chi connectivity index (χ0) is 13.7. The average molecular weight is 257 g/mol. The summed E-state index contributed by atoms with van der Waals surface area (Å²) in [5, 5.41) is 12.1. The summed E-state index contributed by atoms with van der Waals surface area (Å²) >= 11 is 0. The Labute approximate surface area is 110 Å². The second kappa shape index (κ2) is 7.07. The van der Waals surface area contributed by atoms with Crippen LogP contribution in [-0.4, -0.2) is 72.2 Å². The van der Waals surface area contributed by atoms with Crippen molar-refractivity contribution >= 4 is 5.97 Å². The molecule has 0 saturated carbocycles. The Hall–Kier alpha value is -0.650. The first-order chi connectivity index (χ1) is 8.45. The molecule has 2 N–H and O–H groups in total. The molecule has 1 heterocycles. The highest BCUT2D eigenvalue weighted by Gasteiger charge is 2.27. The van der Waals surface area contributed by atoms with E-state index in [0.29, 0.717) is 25.0 Å². The van der Waals surface area contributed by atoms with Crippen molar-refractivity contribution in [1.82, 2.24) is 15.1 Å². The largest absolute Gasteiger partial charge is 0.480 e. The topological polar surface area (TPSA) is 55.8 Å². The first kappa shape index (κ1) is 15.4. The summed E-state index contributed by atoms with van der Waals surface area (Å²) in [6, 6.07) is 0.660. The van der Waals surface area contributed by atoms with E-state index >= 15 is 0 Å². The minimum Gasteiger partial charge on any atom is -0.480 e. The van der Waals surface area contributed by atoms with Gasteiger partial charge in [-0.15, -0.1) is 0 Å². The van der Waals surface area contributed by atoms with Gasteiger partial charge in [0, 0.05) is 31.7 Å². The third-order valence-corrected chi connectivity index (χ3v) is 3.92. The summed E-state index contributed by atoms with van der Waals surface area (Å²) in [7, 11) is 2.16. The fraction of sp³-hybridized carbons (Fsp3) is 0.923. The fourth-order valence-electron chi connectivity index (χ4n) is 2.57. The second-order valence-electron chi connectivity index (χ2n) is 5.36. The van der Waals surface area contributed by atoms with Gasteiger partial charge < -0.3 is 15.3 Å². The van der Waals surface area contributed by atoms with Crippen LogP contribution in [0.25, 0.3) is 0 Å². The molecule has 1 aliphatic heterocycles. The molecule has 0 aromatic rings. The number of likely N-dealkylation sites (N-methyl/N-ethyl adjacent to an activating group) is 2. The molecule has 18 heavy (non-hydrogen) atoms. The number of piperazine rings is 1. The van der Waals surface area contributed by atoms with Crippen molar-refractivity contribution in [3.8, 4) is 0 Å². The summed E-state index contributed by atoms with van der Waals surface area (Å²) in [6.45, 7) is 10.00. The normalized spacial score (nSPS) is 28.2. The van der Waals surface area contributed by atoms with Gasteiger partial charge in [-0.1, -0.05) is 6.92 Å². The van der Waals surface area contributed by atoms with Crippen LogP contribution in [0.15, 0.2) is 0 Å². The Bertz CT molecular complexity index is 261. The van der Waals surface area contributed by atoms with Gasteiger partial charge in [-0.2, -0.15) is 0 Å². The molecule has 5 heteroatoms. The van der Waals surface area contributed by atoms with Crippen LogP contribution in [0, 0.1) is 0 Å². The van der Waals surface area contributed by atoms with E-state index in [1.54, 1.807) is 0 Å². The quantitative estimate of drug-likeness (QED) is 0.724. The maximum Gasteiger partial charge on any atom is 0.320 e. The van der Waals surface area contributed by atoms with E-state index in [1.807, 2.05) is 6.92 Å². The van der Waals surface area contributed by atoms with Crippen LogP contribution in [0.5, 0.6) is 0 Å². The van der Waals surface area contributed by atoms with Crippen molar-refractivity contribution in [2.45, 2.75) is 45.3 Å². The monoisotopic (exact) mass is 257 g/mol. The molecule has 1 saturated heterocycles. The van der Waals surface area contributed by atoms with Gasteiger partial charge in [0.2, 0.25) is 0 Å². The van der Waals surface area contributed by atoms with Crippen molar-refractivity contribution in [2.24, 2.45) is 0 Å². The van der Waals surface area contributed by atoms with Crippen LogP contribution >= 0.6 is 0 Å². The van der Waals surface area contributed by atoms with Crippen LogP contribution in [0.4, 0.5) is 0 Å². The smallest absolute Gasteiger partial charge is 0.320 e. The molecule has 1 aliphatic rings. The van der Waals surface area contributed by atoms with Crippen LogP contribution in [-0.2, 0) is 4.79 Å². The highest BCUT2D eigenvalue weighted by atomic mass is 16.4. The predicted octanol–water partition coefficient (Wildman–Crippen LogP) is 0.464. The molecule has 0 aliphatic carbocycles. The van der Waals surface area contributed by atoms with Gasteiger partial charge in [-0.25, -0.2) is 0 Å². The zero-order valence-corrected chi connectivity index (χ0v) is 12.0. The van der Waals surface area contributed by atoms with Gasteiger partial charge in [0.25, 0.3) is 0 Å². The van der Waals surface area contributed by atoms with Crippen LogP contribution < -0.4 is 5.32 Å². The van der Waals surface area contributed by atoms with Gasteiger partial charge in [0.15, 0.2) is 0 Å². The third kappa shape index (κ3) is 4.23. The minimum atomic E-state index is -0.743. The maximum absolute atomic E-state index is 11.1. The molecule has 0 amide bonds. The number of carboxylic acid groups (broad SMARTS) is 1. The third-order valence-electron chi connectivity index (χ3n) is 3.92. The Balaban J connectivity index is 2.40. The number of hydrogen-bond acceptors (Lipinski definition) is 4. The van der Waals surface area contributed by atoms with Crippen molar-refractivity contribution < 1.29 is 9.90 Å². The van der Waals surface area contributed by atoms with E-state index in [9.17, 15) is 4.79 Å². The summed E-state index contributed by atoms with van der Waals surface area (Å²) in [6.07, 6.45) is 0.673. The first-order valence-electron chi connectivity index (χ1n) is 6.86. The lowest BCUT2D eigenvalue weighted by Crippen LogP contribution is -2.55. The minimum absolute atomic E-state index is 0.416. The molecule has 3 atom stereocenters. The van der Waals surface area contributed by atoms with Gasteiger partial charge in [-0.3, -0.25) is 9.69 Å². The number of rotatable bonds is 6. The standard InChI is InChI=1S/C13H27N3O2/c1-5-14-12(13(17)18)6-7-16-8-10(2)15(4)11(3)9-16/h10-12,14H,5-9H2,1-4H3,(H,17,18). The van der Waals surface area contributed by atoms with Crippen molar-refractivity contribution in [2.75, 3.05) is 33.2 Å². The molecule has 0 aromatic carbocycles. The van der Waals surface area contributed by atoms with Gasteiger partial charge in [0.05, 0.1) is 0 Å². The maximum atomic E-state index is 11.1. The zero-order valence-electron chi connectivity index (χ0n) is 12.0. The number of carboxylic acids is 1. The Morgan fingerprint density at radius 1 is 1.39 bits per heavy atom. The van der Waals surface area contributed by atoms with E-state index in [2.05, 4.69) is 36.0 Å².